The highest BCUT2D eigenvalue weighted by Gasteiger charge is 2.32. The van der Waals surface area contributed by atoms with Gasteiger partial charge in [0.05, 0.1) is 22.6 Å². The molecule has 134 valence electrons. The van der Waals surface area contributed by atoms with Gasteiger partial charge >= 0.3 is 0 Å². The van der Waals surface area contributed by atoms with Crippen molar-refractivity contribution in [1.29, 1.82) is 0 Å². The Balaban J connectivity index is 1.68. The predicted octanol–water partition coefficient (Wildman–Crippen LogP) is 2.13. The van der Waals surface area contributed by atoms with Crippen molar-refractivity contribution in [3.05, 3.63) is 45.4 Å². The average molecular weight is 380 g/mol. The fourth-order valence-electron chi connectivity index (χ4n) is 3.18. The molecule has 1 amide bonds. The van der Waals surface area contributed by atoms with Gasteiger partial charge in [0.15, 0.2) is 0 Å². The summed E-state index contributed by atoms with van der Waals surface area (Å²) in [5.74, 6) is -0.153. The molecular weight excluding hydrogens is 358 g/mol. The zero-order valence-electron chi connectivity index (χ0n) is 14.4. The number of aromatic nitrogens is 1. The highest BCUT2D eigenvalue weighted by atomic mass is 32.2. The second-order valence-corrected chi connectivity index (χ2v) is 9.24. The molecule has 0 unspecified atom stereocenters. The number of carbonyl (C=O) groups is 1. The fourth-order valence-corrected chi connectivity index (χ4v) is 5.09. The smallest absolute Gasteiger partial charge is 0.251 e. The van der Waals surface area contributed by atoms with E-state index in [0.29, 0.717) is 30.6 Å². The maximum Gasteiger partial charge on any atom is 0.251 e. The summed E-state index contributed by atoms with van der Waals surface area (Å²) in [7, 11) is -3.31. The number of aryl methyl sites for hydroxylation is 1. The monoisotopic (exact) mass is 379 g/mol. The number of carbonyl (C=O) groups excluding carboxylic acids is 1. The van der Waals surface area contributed by atoms with Crippen molar-refractivity contribution < 1.29 is 13.2 Å². The van der Waals surface area contributed by atoms with Crippen LogP contribution in [0.2, 0.25) is 0 Å². The summed E-state index contributed by atoms with van der Waals surface area (Å²) < 4.78 is 25.3. The van der Waals surface area contributed by atoms with Gasteiger partial charge in [-0.05, 0) is 44.0 Å². The zero-order chi connectivity index (χ0) is 18.2. The first-order valence-corrected chi connectivity index (χ1v) is 10.8. The van der Waals surface area contributed by atoms with Gasteiger partial charge in [0, 0.05) is 30.0 Å². The molecule has 0 aliphatic carbocycles. The highest BCUT2D eigenvalue weighted by Crippen LogP contribution is 2.34. The van der Waals surface area contributed by atoms with Crippen molar-refractivity contribution in [1.82, 2.24) is 10.3 Å². The Hall–Kier alpha value is -1.93. The molecule has 1 atom stereocenters. The Kier molecular flexibility index (Phi) is 4.83. The molecule has 1 aliphatic heterocycles. The van der Waals surface area contributed by atoms with Crippen molar-refractivity contribution in [2.45, 2.75) is 32.7 Å². The van der Waals surface area contributed by atoms with Gasteiger partial charge in [-0.3, -0.25) is 9.10 Å². The molecule has 25 heavy (non-hydrogen) atoms. The third-order valence-corrected chi connectivity index (χ3v) is 6.28. The number of nitrogens with zero attached hydrogens (tertiary/aromatic N) is 2. The minimum Gasteiger partial charge on any atom is -0.352 e. The summed E-state index contributed by atoms with van der Waals surface area (Å²) in [6, 6.07) is 5.06. The number of thiazole rings is 1. The van der Waals surface area contributed by atoms with E-state index >= 15 is 0 Å². The van der Waals surface area contributed by atoms with E-state index in [9.17, 15) is 13.2 Å². The summed E-state index contributed by atoms with van der Waals surface area (Å²) in [5.41, 5.74) is 3.09. The van der Waals surface area contributed by atoms with E-state index in [4.69, 9.17) is 0 Å². The summed E-state index contributed by atoms with van der Waals surface area (Å²) in [4.78, 5) is 16.7. The zero-order valence-corrected chi connectivity index (χ0v) is 16.1. The van der Waals surface area contributed by atoms with Gasteiger partial charge in [0.2, 0.25) is 10.0 Å². The minimum atomic E-state index is -3.31. The minimum absolute atomic E-state index is 0.129. The van der Waals surface area contributed by atoms with E-state index in [2.05, 4.69) is 10.3 Å². The Morgan fingerprint density at radius 2 is 2.20 bits per heavy atom. The van der Waals surface area contributed by atoms with Crippen molar-refractivity contribution in [3.8, 4) is 0 Å². The number of rotatable bonds is 5. The van der Waals surface area contributed by atoms with E-state index < -0.39 is 10.0 Å². The highest BCUT2D eigenvalue weighted by molar-refractivity contribution is 7.92. The SMILES string of the molecule is Cc1nc(CCNC(=O)c2ccc3c(c2)C[C@H](C)N3S(C)(=O)=O)cs1. The van der Waals surface area contributed by atoms with E-state index in [0.717, 1.165) is 16.3 Å². The lowest BCUT2D eigenvalue weighted by Gasteiger charge is -2.21. The van der Waals surface area contributed by atoms with Gasteiger partial charge in [0.25, 0.3) is 5.91 Å². The second-order valence-electron chi connectivity index (χ2n) is 6.32. The number of benzene rings is 1. The first-order valence-electron chi connectivity index (χ1n) is 8.07. The van der Waals surface area contributed by atoms with Crippen LogP contribution < -0.4 is 9.62 Å². The van der Waals surface area contributed by atoms with E-state index in [1.807, 2.05) is 19.2 Å². The molecule has 0 radical (unpaired) electrons. The number of amides is 1. The molecule has 1 N–H and O–H groups in total. The summed E-state index contributed by atoms with van der Waals surface area (Å²) in [6.45, 7) is 4.35. The largest absolute Gasteiger partial charge is 0.352 e. The Morgan fingerprint density at radius 3 is 2.84 bits per heavy atom. The molecular formula is C17H21N3O3S2. The molecule has 6 nitrogen and oxygen atoms in total. The van der Waals surface area contributed by atoms with Gasteiger partial charge in [0.1, 0.15) is 0 Å². The third-order valence-electron chi connectivity index (χ3n) is 4.19. The molecule has 0 spiro atoms. The van der Waals surface area contributed by atoms with Crippen LogP contribution in [0.25, 0.3) is 0 Å². The molecule has 2 heterocycles. The van der Waals surface area contributed by atoms with E-state index in [1.165, 1.54) is 10.6 Å². The Morgan fingerprint density at radius 1 is 1.44 bits per heavy atom. The van der Waals surface area contributed by atoms with Crippen molar-refractivity contribution >= 4 is 33.0 Å². The molecule has 3 rings (SSSR count). The van der Waals surface area contributed by atoms with Crippen LogP contribution in [-0.2, 0) is 22.9 Å². The van der Waals surface area contributed by atoms with Crippen LogP contribution in [0, 0.1) is 6.92 Å². The van der Waals surface area contributed by atoms with Crippen molar-refractivity contribution in [2.24, 2.45) is 0 Å². The third kappa shape index (κ3) is 3.85. The number of anilines is 1. The molecule has 0 bridgehead atoms. The van der Waals surface area contributed by atoms with Gasteiger partial charge in [-0.25, -0.2) is 13.4 Å². The van der Waals surface area contributed by atoms with Crippen LogP contribution >= 0.6 is 11.3 Å². The molecule has 8 heteroatoms. The molecule has 0 fully saturated rings. The predicted molar refractivity (Wildman–Crippen MR) is 99.8 cm³/mol. The lowest BCUT2D eigenvalue weighted by atomic mass is 10.1. The topological polar surface area (TPSA) is 79.4 Å². The average Bonchev–Trinajstić information content (AvgIpc) is 3.07. The summed E-state index contributed by atoms with van der Waals surface area (Å²) in [5, 5.41) is 5.91. The number of fused-ring (bicyclic) bond motifs is 1. The fraction of sp³-hybridized carbons (Fsp3) is 0.412. The summed E-state index contributed by atoms with van der Waals surface area (Å²) >= 11 is 1.60. The first-order chi connectivity index (χ1) is 11.8. The van der Waals surface area contributed by atoms with Crippen LogP contribution in [0.5, 0.6) is 0 Å². The van der Waals surface area contributed by atoms with Gasteiger partial charge in [-0.1, -0.05) is 0 Å². The number of nitrogens with one attached hydrogen (secondary N) is 1. The lowest BCUT2D eigenvalue weighted by Crippen LogP contribution is -2.34. The number of hydrogen-bond acceptors (Lipinski definition) is 5. The van der Waals surface area contributed by atoms with Gasteiger partial charge < -0.3 is 5.32 Å². The molecule has 0 saturated heterocycles. The lowest BCUT2D eigenvalue weighted by molar-refractivity contribution is 0.0954. The van der Waals surface area contributed by atoms with Crippen LogP contribution in [-0.4, -0.2) is 38.2 Å². The van der Waals surface area contributed by atoms with Crippen LogP contribution in [0.4, 0.5) is 5.69 Å². The molecule has 0 saturated carbocycles. The van der Waals surface area contributed by atoms with E-state index in [1.54, 1.807) is 29.5 Å². The normalized spacial score (nSPS) is 16.8. The van der Waals surface area contributed by atoms with Gasteiger partial charge in [-0.2, -0.15) is 0 Å². The quantitative estimate of drug-likeness (QED) is 0.863. The van der Waals surface area contributed by atoms with Crippen LogP contribution in [0.15, 0.2) is 23.6 Å². The Bertz CT molecular complexity index is 906. The molecule has 1 aliphatic rings. The maximum atomic E-state index is 12.3. The van der Waals surface area contributed by atoms with Crippen molar-refractivity contribution in [3.63, 3.8) is 0 Å². The van der Waals surface area contributed by atoms with Crippen LogP contribution in [0.3, 0.4) is 0 Å². The molecule has 1 aromatic heterocycles. The Labute approximate surface area is 151 Å². The first kappa shape index (κ1) is 17.9. The van der Waals surface area contributed by atoms with Crippen LogP contribution in [0.1, 0.15) is 33.5 Å². The maximum absolute atomic E-state index is 12.3. The van der Waals surface area contributed by atoms with E-state index in [-0.39, 0.29) is 11.9 Å². The number of hydrogen-bond donors (Lipinski definition) is 1. The number of sulfonamides is 1. The van der Waals surface area contributed by atoms with Gasteiger partial charge in [-0.15, -0.1) is 11.3 Å². The second kappa shape index (κ2) is 6.76. The molecule has 2 aromatic rings. The summed E-state index contributed by atoms with van der Waals surface area (Å²) in [6.07, 6.45) is 2.51. The standard InChI is InChI=1S/C17H21N3O3S2/c1-11-8-14-9-13(4-5-16(14)20(11)25(3,22)23)17(21)18-7-6-15-10-24-12(2)19-15/h4-5,9-11H,6-8H2,1-3H3,(H,18,21)/t11-/m0/s1. The molecule has 1 aromatic carbocycles. The van der Waals surface area contributed by atoms with Crippen molar-refractivity contribution in [2.75, 3.05) is 17.1 Å².